The minimum atomic E-state index is -3.39. The van der Waals surface area contributed by atoms with Crippen molar-refractivity contribution < 1.29 is 52.0 Å². The van der Waals surface area contributed by atoms with Crippen molar-refractivity contribution in [1.82, 2.24) is 10.2 Å². The molecule has 47 heavy (non-hydrogen) atoms. The molecule has 2 fully saturated rings. The van der Waals surface area contributed by atoms with E-state index in [2.05, 4.69) is 19.2 Å². The lowest BCUT2D eigenvalue weighted by atomic mass is 9.99. The predicted molar refractivity (Wildman–Crippen MR) is 175 cm³/mol. The summed E-state index contributed by atoms with van der Waals surface area (Å²) in [5.41, 5.74) is 0.0563. The van der Waals surface area contributed by atoms with E-state index in [0.717, 1.165) is 24.8 Å². The highest BCUT2D eigenvalue weighted by Crippen LogP contribution is 2.47. The van der Waals surface area contributed by atoms with Gasteiger partial charge in [-0.3, -0.25) is 4.57 Å². The van der Waals surface area contributed by atoms with Crippen molar-refractivity contribution in [2.24, 2.45) is 11.8 Å². The maximum absolute atomic E-state index is 13.3. The van der Waals surface area contributed by atoms with Crippen molar-refractivity contribution in [1.29, 1.82) is 0 Å². The van der Waals surface area contributed by atoms with Crippen molar-refractivity contribution in [3.05, 3.63) is 29.8 Å². The molecule has 13 nitrogen and oxygen atoms in total. The summed E-state index contributed by atoms with van der Waals surface area (Å²) in [6.45, 7) is 14.5. The van der Waals surface area contributed by atoms with Crippen molar-refractivity contribution in [2.75, 3.05) is 45.9 Å². The van der Waals surface area contributed by atoms with E-state index in [9.17, 15) is 19.3 Å². The fourth-order valence-corrected chi connectivity index (χ4v) is 6.87. The van der Waals surface area contributed by atoms with Gasteiger partial charge >= 0.3 is 19.8 Å². The number of amides is 2. The lowest BCUT2D eigenvalue weighted by molar-refractivity contribution is -0.0907. The third-order valence-corrected chi connectivity index (χ3v) is 9.87. The van der Waals surface area contributed by atoms with Crippen molar-refractivity contribution in [3.63, 3.8) is 0 Å². The molecule has 2 saturated heterocycles. The van der Waals surface area contributed by atoms with Crippen LogP contribution in [0.25, 0.3) is 0 Å². The second-order valence-electron chi connectivity index (χ2n) is 12.9. The van der Waals surface area contributed by atoms with Gasteiger partial charge in [0.25, 0.3) is 0 Å². The number of carbonyl (C=O) groups excluding carboxylic acids is 2. The number of nitrogens with one attached hydrogen (secondary N) is 1. The molecule has 0 spiro atoms. The number of benzene rings is 1. The summed E-state index contributed by atoms with van der Waals surface area (Å²) >= 11 is 0. The lowest BCUT2D eigenvalue weighted by Crippen LogP contribution is -2.52. The largest absolute Gasteiger partial charge is 0.481 e. The van der Waals surface area contributed by atoms with Gasteiger partial charge in [0.1, 0.15) is 17.5 Å². The first-order valence-corrected chi connectivity index (χ1v) is 18.5. The molecule has 268 valence electrons. The van der Waals surface area contributed by atoms with Crippen LogP contribution >= 0.6 is 7.60 Å². The number of alkyl carbamates (subject to hydrolysis) is 1. The first-order valence-electron chi connectivity index (χ1n) is 16.8. The van der Waals surface area contributed by atoms with Crippen LogP contribution in [0, 0.1) is 11.8 Å². The van der Waals surface area contributed by atoms with Gasteiger partial charge in [-0.25, -0.2) is 9.59 Å². The molecule has 0 aromatic heterocycles. The van der Waals surface area contributed by atoms with Gasteiger partial charge in [0.05, 0.1) is 51.0 Å². The van der Waals surface area contributed by atoms with E-state index in [0.29, 0.717) is 18.9 Å². The topological polar surface area (TPSA) is 151 Å². The van der Waals surface area contributed by atoms with Gasteiger partial charge in [-0.15, -0.1) is 0 Å². The fraction of sp³-hybridized carbons (Fsp3) is 0.758. The molecule has 2 N–H and O–H groups in total. The van der Waals surface area contributed by atoms with Crippen LogP contribution in [0.4, 0.5) is 9.59 Å². The summed E-state index contributed by atoms with van der Waals surface area (Å²) in [6.07, 6.45) is -0.802. The van der Waals surface area contributed by atoms with E-state index >= 15 is 0 Å². The van der Waals surface area contributed by atoms with Crippen molar-refractivity contribution >= 4 is 19.8 Å². The summed E-state index contributed by atoms with van der Waals surface area (Å²) in [5.74, 6) is 0.622. The summed E-state index contributed by atoms with van der Waals surface area (Å²) in [4.78, 5) is 28.0. The molecule has 1 aromatic rings. The standard InChI is InChI=1S/C33H55N2O11P/c1-8-23(9-2)19-35(32(38)46-33(5,6)7)20-28(36)27(34-31(37)45-29-21-41-30-26(29)16-17-40-30)18-24-12-14-25(15-13-24)42-22-47(39,43-10-3)44-11-4/h12-15,23,26-30,36H,8-11,16-22H2,1-7H3,(H,34,37)/t26-,27+,28+,29-,30+/m0/s1. The minimum absolute atomic E-state index is 0.0416. The van der Waals surface area contributed by atoms with E-state index in [-0.39, 0.29) is 57.3 Å². The number of aliphatic hydroxyl groups is 1. The second kappa shape index (κ2) is 18.4. The number of aliphatic hydroxyl groups excluding tert-OH is 1. The van der Waals surface area contributed by atoms with Gasteiger partial charge in [0, 0.05) is 6.54 Å². The average Bonchev–Trinajstić information content (AvgIpc) is 3.63. The quantitative estimate of drug-likeness (QED) is 0.183. The Morgan fingerprint density at radius 1 is 1.04 bits per heavy atom. The zero-order valence-electron chi connectivity index (χ0n) is 29.0. The van der Waals surface area contributed by atoms with Crippen LogP contribution in [0.1, 0.15) is 73.3 Å². The van der Waals surface area contributed by atoms with Gasteiger partial charge in [-0.05, 0) is 71.1 Å². The molecule has 2 aliphatic heterocycles. The van der Waals surface area contributed by atoms with E-state index in [1.54, 1.807) is 58.9 Å². The molecule has 0 saturated carbocycles. The van der Waals surface area contributed by atoms with Gasteiger partial charge in [-0.2, -0.15) is 0 Å². The first kappa shape index (κ1) is 39.0. The Hall–Kier alpha value is -2.41. The molecule has 0 radical (unpaired) electrons. The van der Waals surface area contributed by atoms with Crippen LogP contribution in [0.15, 0.2) is 24.3 Å². The van der Waals surface area contributed by atoms with Gasteiger partial charge < -0.3 is 48.1 Å². The van der Waals surface area contributed by atoms with Crippen molar-refractivity contribution in [2.45, 2.75) is 104 Å². The molecule has 0 aliphatic carbocycles. The number of ether oxygens (including phenoxy) is 5. The maximum atomic E-state index is 13.3. The molecule has 1 aromatic carbocycles. The molecule has 3 rings (SSSR count). The van der Waals surface area contributed by atoms with Gasteiger partial charge in [-0.1, -0.05) is 38.8 Å². The molecular formula is C33H55N2O11P. The zero-order chi connectivity index (χ0) is 34.6. The second-order valence-corrected chi connectivity index (χ2v) is 14.9. The Labute approximate surface area is 279 Å². The number of fused-ring (bicyclic) bond motifs is 1. The van der Waals surface area contributed by atoms with E-state index in [4.69, 9.17) is 32.7 Å². The Morgan fingerprint density at radius 2 is 1.70 bits per heavy atom. The van der Waals surface area contributed by atoms with E-state index in [1.807, 2.05) is 0 Å². The third-order valence-electron chi connectivity index (χ3n) is 8.12. The van der Waals surface area contributed by atoms with E-state index in [1.165, 1.54) is 4.90 Å². The highest BCUT2D eigenvalue weighted by molar-refractivity contribution is 7.53. The number of hydrogen-bond acceptors (Lipinski definition) is 11. The molecule has 14 heteroatoms. The average molecular weight is 687 g/mol. The van der Waals surface area contributed by atoms with Crippen LogP contribution in [0.2, 0.25) is 0 Å². The third kappa shape index (κ3) is 12.5. The number of nitrogens with zero attached hydrogens (tertiary/aromatic N) is 1. The summed E-state index contributed by atoms with van der Waals surface area (Å²) in [6, 6.07) is 6.16. The minimum Gasteiger partial charge on any atom is -0.481 e. The zero-order valence-corrected chi connectivity index (χ0v) is 29.9. The maximum Gasteiger partial charge on any atom is 0.410 e. The van der Waals surface area contributed by atoms with Crippen LogP contribution in [0.5, 0.6) is 5.75 Å². The number of rotatable bonds is 18. The molecule has 2 heterocycles. The summed E-state index contributed by atoms with van der Waals surface area (Å²) in [5, 5.41) is 14.4. The predicted octanol–water partition coefficient (Wildman–Crippen LogP) is 5.72. The summed E-state index contributed by atoms with van der Waals surface area (Å²) in [7, 11) is -3.39. The molecule has 2 aliphatic rings. The SMILES string of the molecule is CCOP(=O)(COc1ccc(C[C@@H](NC(=O)O[C@H]2CO[C@H]3OCC[C@H]32)[C@H](O)CN(CC(CC)CC)C(=O)OC(C)(C)C)cc1)OCC. The van der Waals surface area contributed by atoms with Gasteiger partial charge in [0.2, 0.25) is 0 Å². The molecule has 0 bridgehead atoms. The van der Waals surface area contributed by atoms with Crippen molar-refractivity contribution in [3.8, 4) is 5.75 Å². The molecule has 0 unspecified atom stereocenters. The number of carbonyl (C=O) groups is 2. The highest BCUT2D eigenvalue weighted by atomic mass is 31.2. The lowest BCUT2D eigenvalue weighted by Gasteiger charge is -2.33. The van der Waals surface area contributed by atoms with Crippen LogP contribution in [-0.2, 0) is 39.0 Å². The Morgan fingerprint density at radius 3 is 2.30 bits per heavy atom. The normalized spacial score (nSPS) is 20.8. The van der Waals surface area contributed by atoms with Crippen LogP contribution in [0.3, 0.4) is 0 Å². The van der Waals surface area contributed by atoms with E-state index < -0.39 is 43.6 Å². The Bertz CT molecular complexity index is 1150. The summed E-state index contributed by atoms with van der Waals surface area (Å²) < 4.78 is 51.6. The molecule has 5 atom stereocenters. The smallest absolute Gasteiger partial charge is 0.410 e. The fourth-order valence-electron chi connectivity index (χ4n) is 5.55. The van der Waals surface area contributed by atoms with Gasteiger partial charge in [0.15, 0.2) is 12.6 Å². The Balaban J connectivity index is 1.76. The highest BCUT2D eigenvalue weighted by Gasteiger charge is 2.44. The number of hydrogen-bond donors (Lipinski definition) is 2. The monoisotopic (exact) mass is 686 g/mol. The first-order chi connectivity index (χ1) is 22.3. The Kier molecular flexibility index (Phi) is 15.3. The molecule has 2 amide bonds. The molecular weight excluding hydrogens is 631 g/mol. The van der Waals surface area contributed by atoms with Crippen LogP contribution < -0.4 is 10.1 Å². The van der Waals surface area contributed by atoms with Crippen LogP contribution in [-0.4, -0.2) is 98.2 Å².